The number of hydrogen-bond donors (Lipinski definition) is 0. The molecule has 5 rings (SSSR count). The van der Waals surface area contributed by atoms with Crippen LogP contribution in [0.25, 0.3) is 0 Å². The quantitative estimate of drug-likeness (QED) is 0.827. The Morgan fingerprint density at radius 1 is 1.04 bits per heavy atom. The van der Waals surface area contributed by atoms with E-state index in [1.807, 2.05) is 6.07 Å². The van der Waals surface area contributed by atoms with Crippen molar-refractivity contribution in [2.24, 2.45) is 5.92 Å². The Labute approximate surface area is 153 Å². The average molecular weight is 353 g/mol. The second kappa shape index (κ2) is 6.65. The minimum atomic E-state index is 0.0457. The van der Waals surface area contributed by atoms with Gasteiger partial charge in [-0.1, -0.05) is 0 Å². The van der Waals surface area contributed by atoms with Crippen LogP contribution in [0.5, 0.6) is 0 Å². The molecule has 0 radical (unpaired) electrons. The van der Waals surface area contributed by atoms with E-state index in [1.54, 1.807) is 10.7 Å². The standard InChI is InChI=1S/C20H27N5O/c26-20-6-5-19(16-3-4-16)22-25(20)13-15-7-10-23(11-8-15)14-17-12-18-2-1-9-24(18)21-17/h5-6,12,15-16H,1-4,7-11,13-14H2. The van der Waals surface area contributed by atoms with Gasteiger partial charge in [0, 0.05) is 37.3 Å². The molecule has 0 bridgehead atoms. The van der Waals surface area contributed by atoms with Gasteiger partial charge in [0.2, 0.25) is 0 Å². The van der Waals surface area contributed by atoms with E-state index in [-0.39, 0.29) is 5.56 Å². The largest absolute Gasteiger partial charge is 0.297 e. The van der Waals surface area contributed by atoms with Gasteiger partial charge in [-0.25, -0.2) is 4.68 Å². The molecule has 3 aliphatic rings. The zero-order chi connectivity index (χ0) is 17.5. The lowest BCUT2D eigenvalue weighted by Gasteiger charge is -2.31. The van der Waals surface area contributed by atoms with Gasteiger partial charge in [-0.15, -0.1) is 0 Å². The van der Waals surface area contributed by atoms with Crippen molar-refractivity contribution in [2.75, 3.05) is 13.1 Å². The van der Waals surface area contributed by atoms with E-state index >= 15 is 0 Å². The molecule has 2 aromatic rings. The lowest BCUT2D eigenvalue weighted by molar-refractivity contribution is 0.161. The fourth-order valence-electron chi connectivity index (χ4n) is 4.39. The summed E-state index contributed by atoms with van der Waals surface area (Å²) in [5.41, 5.74) is 3.77. The second-order valence-corrected chi connectivity index (χ2v) is 8.23. The molecule has 0 N–H and O–H groups in total. The molecule has 4 heterocycles. The lowest BCUT2D eigenvalue weighted by atomic mass is 9.96. The minimum absolute atomic E-state index is 0.0457. The van der Waals surface area contributed by atoms with E-state index in [2.05, 4.69) is 20.7 Å². The van der Waals surface area contributed by atoms with E-state index in [9.17, 15) is 4.79 Å². The Morgan fingerprint density at radius 2 is 1.88 bits per heavy atom. The minimum Gasteiger partial charge on any atom is -0.297 e. The molecule has 138 valence electrons. The van der Waals surface area contributed by atoms with Crippen LogP contribution in [0, 0.1) is 5.92 Å². The van der Waals surface area contributed by atoms with Crippen molar-refractivity contribution in [3.8, 4) is 0 Å². The Balaban J connectivity index is 1.17. The first-order chi connectivity index (χ1) is 12.7. The van der Waals surface area contributed by atoms with Crippen LogP contribution >= 0.6 is 0 Å². The maximum Gasteiger partial charge on any atom is 0.266 e. The highest BCUT2D eigenvalue weighted by molar-refractivity contribution is 5.13. The topological polar surface area (TPSA) is 56.0 Å². The molecule has 1 saturated heterocycles. The van der Waals surface area contributed by atoms with Gasteiger partial charge < -0.3 is 0 Å². The zero-order valence-corrected chi connectivity index (χ0v) is 15.3. The van der Waals surface area contributed by atoms with Gasteiger partial charge in [0.1, 0.15) is 0 Å². The maximum absolute atomic E-state index is 12.1. The predicted molar refractivity (Wildman–Crippen MR) is 99.0 cm³/mol. The molecular weight excluding hydrogens is 326 g/mol. The fraction of sp³-hybridized carbons (Fsp3) is 0.650. The van der Waals surface area contributed by atoms with Gasteiger partial charge in [-0.05, 0) is 69.7 Å². The van der Waals surface area contributed by atoms with E-state index in [0.717, 1.165) is 51.3 Å². The number of hydrogen-bond acceptors (Lipinski definition) is 4. The van der Waals surface area contributed by atoms with E-state index in [4.69, 9.17) is 5.10 Å². The van der Waals surface area contributed by atoms with Crippen molar-refractivity contribution in [2.45, 2.75) is 64.1 Å². The van der Waals surface area contributed by atoms with Crippen LogP contribution in [0.4, 0.5) is 0 Å². The van der Waals surface area contributed by atoms with Crippen LogP contribution in [0.2, 0.25) is 0 Å². The van der Waals surface area contributed by atoms with Crippen molar-refractivity contribution in [1.82, 2.24) is 24.5 Å². The van der Waals surface area contributed by atoms with E-state index in [1.165, 1.54) is 37.1 Å². The first-order valence-electron chi connectivity index (χ1n) is 10.1. The molecule has 26 heavy (non-hydrogen) atoms. The molecule has 6 nitrogen and oxygen atoms in total. The molecular formula is C20H27N5O. The third-order valence-electron chi connectivity index (χ3n) is 6.12. The van der Waals surface area contributed by atoms with Gasteiger partial charge in [0.05, 0.1) is 11.4 Å². The van der Waals surface area contributed by atoms with Crippen molar-refractivity contribution in [3.63, 3.8) is 0 Å². The fourth-order valence-corrected chi connectivity index (χ4v) is 4.39. The molecule has 0 spiro atoms. The zero-order valence-electron chi connectivity index (χ0n) is 15.3. The van der Waals surface area contributed by atoms with Crippen molar-refractivity contribution < 1.29 is 0 Å². The van der Waals surface area contributed by atoms with Gasteiger partial charge >= 0.3 is 0 Å². The smallest absolute Gasteiger partial charge is 0.266 e. The molecule has 2 fully saturated rings. The summed E-state index contributed by atoms with van der Waals surface area (Å²) in [5.74, 6) is 1.15. The van der Waals surface area contributed by atoms with Crippen molar-refractivity contribution >= 4 is 0 Å². The number of rotatable bonds is 5. The summed E-state index contributed by atoms with van der Waals surface area (Å²) >= 11 is 0. The summed E-state index contributed by atoms with van der Waals surface area (Å²) in [4.78, 5) is 14.6. The molecule has 1 aliphatic carbocycles. The molecule has 2 aliphatic heterocycles. The highest BCUT2D eigenvalue weighted by Gasteiger charge is 2.26. The summed E-state index contributed by atoms with van der Waals surface area (Å²) in [6.07, 6.45) is 7.13. The van der Waals surface area contributed by atoms with E-state index in [0.29, 0.717) is 11.8 Å². The van der Waals surface area contributed by atoms with Gasteiger partial charge in [-0.2, -0.15) is 10.2 Å². The number of nitrogens with zero attached hydrogens (tertiary/aromatic N) is 5. The SMILES string of the molecule is O=c1ccc(C2CC2)nn1CC1CCN(Cc2cc3n(n2)CCC3)CC1. The Kier molecular flexibility index (Phi) is 4.15. The molecule has 2 aromatic heterocycles. The summed E-state index contributed by atoms with van der Waals surface area (Å²) in [7, 11) is 0. The maximum atomic E-state index is 12.1. The summed E-state index contributed by atoms with van der Waals surface area (Å²) < 4.78 is 3.89. The van der Waals surface area contributed by atoms with E-state index < -0.39 is 0 Å². The third kappa shape index (κ3) is 3.34. The van der Waals surface area contributed by atoms with Gasteiger partial charge in [0.15, 0.2) is 0 Å². The predicted octanol–water partition coefficient (Wildman–Crippen LogP) is 2.18. The molecule has 0 amide bonds. The Hall–Kier alpha value is -1.95. The van der Waals surface area contributed by atoms with Gasteiger partial charge in [-0.3, -0.25) is 14.4 Å². The summed E-state index contributed by atoms with van der Waals surface area (Å²) in [5, 5.41) is 9.36. The monoisotopic (exact) mass is 353 g/mol. The first kappa shape index (κ1) is 16.2. The number of aromatic nitrogens is 4. The second-order valence-electron chi connectivity index (χ2n) is 8.23. The highest BCUT2D eigenvalue weighted by Crippen LogP contribution is 2.38. The molecule has 0 aromatic carbocycles. The number of aryl methyl sites for hydroxylation is 2. The van der Waals surface area contributed by atoms with Crippen LogP contribution in [0.15, 0.2) is 23.0 Å². The lowest BCUT2D eigenvalue weighted by Crippen LogP contribution is -2.36. The summed E-state index contributed by atoms with van der Waals surface area (Å²) in [6, 6.07) is 5.90. The Morgan fingerprint density at radius 3 is 2.65 bits per heavy atom. The summed E-state index contributed by atoms with van der Waals surface area (Å²) in [6.45, 7) is 4.99. The first-order valence-corrected chi connectivity index (χ1v) is 10.1. The molecule has 6 heteroatoms. The normalized spacial score (nSPS) is 21.2. The van der Waals surface area contributed by atoms with Crippen LogP contribution in [0.1, 0.15) is 55.1 Å². The van der Waals surface area contributed by atoms with Crippen molar-refractivity contribution in [1.29, 1.82) is 0 Å². The average Bonchev–Trinajstić information content (AvgIpc) is 3.29. The van der Waals surface area contributed by atoms with Crippen LogP contribution in [-0.2, 0) is 26.1 Å². The number of likely N-dealkylation sites (tertiary alicyclic amines) is 1. The number of piperidine rings is 1. The highest BCUT2D eigenvalue weighted by atomic mass is 16.1. The Bertz CT molecular complexity index is 821. The number of fused-ring (bicyclic) bond motifs is 1. The van der Waals surface area contributed by atoms with Crippen LogP contribution in [-0.4, -0.2) is 37.6 Å². The van der Waals surface area contributed by atoms with Crippen molar-refractivity contribution in [3.05, 3.63) is 45.6 Å². The third-order valence-corrected chi connectivity index (χ3v) is 6.12. The molecule has 0 unspecified atom stereocenters. The van der Waals surface area contributed by atoms with Gasteiger partial charge in [0.25, 0.3) is 5.56 Å². The molecule has 0 atom stereocenters. The van der Waals surface area contributed by atoms with Crippen LogP contribution in [0.3, 0.4) is 0 Å². The molecule has 1 saturated carbocycles. The van der Waals surface area contributed by atoms with Crippen LogP contribution < -0.4 is 5.56 Å².